The van der Waals surface area contributed by atoms with Gasteiger partial charge in [0.1, 0.15) is 12.4 Å². The number of rotatable bonds is 6. The lowest BCUT2D eigenvalue weighted by molar-refractivity contribution is 0.100. The van der Waals surface area contributed by atoms with Gasteiger partial charge in [0.25, 0.3) is 0 Å². The smallest absolute Gasteiger partial charge is 0.123 e. The SMILES string of the molecule is CCCOCCOc1cc(Br)ccc1C. The molecule has 0 unspecified atom stereocenters. The molecule has 2 nitrogen and oxygen atoms in total. The first-order valence-electron chi connectivity index (χ1n) is 5.20. The molecule has 0 N–H and O–H groups in total. The maximum Gasteiger partial charge on any atom is 0.123 e. The average Bonchev–Trinajstić information content (AvgIpc) is 2.23. The van der Waals surface area contributed by atoms with Gasteiger partial charge >= 0.3 is 0 Å². The Kier molecular flexibility index (Phi) is 5.73. The monoisotopic (exact) mass is 272 g/mol. The van der Waals surface area contributed by atoms with Crippen molar-refractivity contribution < 1.29 is 9.47 Å². The number of hydrogen-bond donors (Lipinski definition) is 0. The van der Waals surface area contributed by atoms with Crippen molar-refractivity contribution in [2.75, 3.05) is 19.8 Å². The molecule has 84 valence electrons. The molecule has 0 saturated heterocycles. The summed E-state index contributed by atoms with van der Waals surface area (Å²) < 4.78 is 12.0. The summed E-state index contributed by atoms with van der Waals surface area (Å²) >= 11 is 3.42. The summed E-state index contributed by atoms with van der Waals surface area (Å²) in [6, 6.07) is 6.03. The second-order valence-electron chi connectivity index (χ2n) is 3.37. The van der Waals surface area contributed by atoms with Gasteiger partial charge in [-0.1, -0.05) is 28.9 Å². The zero-order chi connectivity index (χ0) is 11.1. The molecule has 1 aromatic carbocycles. The van der Waals surface area contributed by atoms with E-state index >= 15 is 0 Å². The molecule has 0 atom stereocenters. The minimum Gasteiger partial charge on any atom is -0.491 e. The third kappa shape index (κ3) is 4.67. The lowest BCUT2D eigenvalue weighted by Crippen LogP contribution is -2.07. The number of benzene rings is 1. The van der Waals surface area contributed by atoms with Crippen LogP contribution in [-0.4, -0.2) is 19.8 Å². The molecule has 0 amide bonds. The largest absolute Gasteiger partial charge is 0.491 e. The molecule has 0 saturated carbocycles. The zero-order valence-electron chi connectivity index (χ0n) is 9.25. The van der Waals surface area contributed by atoms with Crippen LogP contribution in [0.3, 0.4) is 0 Å². The van der Waals surface area contributed by atoms with Gasteiger partial charge in [0.05, 0.1) is 6.61 Å². The van der Waals surface area contributed by atoms with Crippen LogP contribution < -0.4 is 4.74 Å². The Hall–Kier alpha value is -0.540. The Morgan fingerprint density at radius 3 is 2.73 bits per heavy atom. The van der Waals surface area contributed by atoms with E-state index in [1.807, 2.05) is 25.1 Å². The molecule has 0 fully saturated rings. The second-order valence-corrected chi connectivity index (χ2v) is 4.29. The van der Waals surface area contributed by atoms with Crippen LogP contribution in [0.5, 0.6) is 5.75 Å². The van der Waals surface area contributed by atoms with E-state index in [1.54, 1.807) is 0 Å². The van der Waals surface area contributed by atoms with Crippen molar-refractivity contribution in [2.45, 2.75) is 20.3 Å². The van der Waals surface area contributed by atoms with Gasteiger partial charge < -0.3 is 9.47 Å². The third-order valence-corrected chi connectivity index (χ3v) is 2.48. The van der Waals surface area contributed by atoms with Gasteiger partial charge in [-0.25, -0.2) is 0 Å². The highest BCUT2D eigenvalue weighted by atomic mass is 79.9. The maximum atomic E-state index is 5.61. The quantitative estimate of drug-likeness (QED) is 0.738. The molecule has 0 spiro atoms. The summed E-state index contributed by atoms with van der Waals surface area (Å²) in [5.41, 5.74) is 1.15. The number of aryl methyl sites for hydroxylation is 1. The minimum atomic E-state index is 0.608. The van der Waals surface area contributed by atoms with Crippen LogP contribution in [0.1, 0.15) is 18.9 Å². The van der Waals surface area contributed by atoms with E-state index in [9.17, 15) is 0 Å². The van der Waals surface area contributed by atoms with Crippen molar-refractivity contribution in [3.05, 3.63) is 28.2 Å². The van der Waals surface area contributed by atoms with Crippen molar-refractivity contribution in [2.24, 2.45) is 0 Å². The summed E-state index contributed by atoms with van der Waals surface area (Å²) in [4.78, 5) is 0. The highest BCUT2D eigenvalue weighted by Crippen LogP contribution is 2.22. The van der Waals surface area contributed by atoms with Crippen LogP contribution in [0, 0.1) is 6.92 Å². The lowest BCUT2D eigenvalue weighted by atomic mass is 10.2. The van der Waals surface area contributed by atoms with Crippen molar-refractivity contribution >= 4 is 15.9 Å². The normalized spacial score (nSPS) is 10.3. The maximum absolute atomic E-state index is 5.61. The average molecular weight is 273 g/mol. The molecule has 0 aromatic heterocycles. The summed E-state index contributed by atoms with van der Waals surface area (Å²) in [5.74, 6) is 0.921. The molecule has 0 aliphatic carbocycles. The van der Waals surface area contributed by atoms with Crippen molar-refractivity contribution in [3.8, 4) is 5.75 Å². The summed E-state index contributed by atoms with van der Waals surface area (Å²) in [6.07, 6.45) is 1.05. The van der Waals surface area contributed by atoms with Gasteiger partial charge in [-0.15, -0.1) is 0 Å². The van der Waals surface area contributed by atoms with Crippen molar-refractivity contribution in [3.63, 3.8) is 0 Å². The van der Waals surface area contributed by atoms with E-state index in [4.69, 9.17) is 9.47 Å². The Balaban J connectivity index is 2.33. The Bertz CT molecular complexity index is 300. The van der Waals surface area contributed by atoms with Crippen LogP contribution in [0.25, 0.3) is 0 Å². The van der Waals surface area contributed by atoms with Crippen LogP contribution >= 0.6 is 15.9 Å². The Morgan fingerprint density at radius 1 is 1.20 bits per heavy atom. The van der Waals surface area contributed by atoms with Crippen LogP contribution in [0.4, 0.5) is 0 Å². The highest BCUT2D eigenvalue weighted by Gasteiger charge is 1.99. The molecule has 1 aromatic rings. The van der Waals surface area contributed by atoms with Gasteiger partial charge in [-0.3, -0.25) is 0 Å². The fourth-order valence-electron chi connectivity index (χ4n) is 1.19. The van der Waals surface area contributed by atoms with E-state index < -0.39 is 0 Å². The third-order valence-electron chi connectivity index (χ3n) is 1.98. The van der Waals surface area contributed by atoms with Crippen LogP contribution in [-0.2, 0) is 4.74 Å². The molecular formula is C12H17BrO2. The van der Waals surface area contributed by atoms with Crippen LogP contribution in [0.15, 0.2) is 22.7 Å². The number of hydrogen-bond acceptors (Lipinski definition) is 2. The molecule has 0 bridgehead atoms. The van der Waals surface area contributed by atoms with E-state index in [0.717, 1.165) is 28.8 Å². The zero-order valence-corrected chi connectivity index (χ0v) is 10.8. The lowest BCUT2D eigenvalue weighted by Gasteiger charge is -2.09. The predicted molar refractivity (Wildman–Crippen MR) is 65.5 cm³/mol. The van der Waals surface area contributed by atoms with Gasteiger partial charge in [0.15, 0.2) is 0 Å². The van der Waals surface area contributed by atoms with E-state index in [1.165, 1.54) is 0 Å². The van der Waals surface area contributed by atoms with Crippen LogP contribution in [0.2, 0.25) is 0 Å². The van der Waals surface area contributed by atoms with E-state index in [-0.39, 0.29) is 0 Å². The highest BCUT2D eigenvalue weighted by molar-refractivity contribution is 9.10. The summed E-state index contributed by atoms with van der Waals surface area (Å²) in [5, 5.41) is 0. The standard InChI is InChI=1S/C12H17BrO2/c1-3-6-14-7-8-15-12-9-11(13)5-4-10(12)2/h4-5,9H,3,6-8H2,1-2H3. The fraction of sp³-hybridized carbons (Fsp3) is 0.500. The topological polar surface area (TPSA) is 18.5 Å². The second kappa shape index (κ2) is 6.85. The first-order chi connectivity index (χ1) is 7.24. The Labute approximate surface area is 99.7 Å². The number of halogens is 1. The molecule has 0 heterocycles. The molecule has 0 aliphatic heterocycles. The molecule has 3 heteroatoms. The predicted octanol–water partition coefficient (Wildman–Crippen LogP) is 3.56. The van der Waals surface area contributed by atoms with Crippen molar-refractivity contribution in [1.29, 1.82) is 0 Å². The van der Waals surface area contributed by atoms with Gasteiger partial charge in [0, 0.05) is 11.1 Å². The molecule has 1 rings (SSSR count). The fourth-order valence-corrected chi connectivity index (χ4v) is 1.53. The van der Waals surface area contributed by atoms with E-state index in [0.29, 0.717) is 13.2 Å². The molecule has 15 heavy (non-hydrogen) atoms. The van der Waals surface area contributed by atoms with Gasteiger partial charge in [0.2, 0.25) is 0 Å². The summed E-state index contributed by atoms with van der Waals surface area (Å²) in [6.45, 7) is 6.20. The first kappa shape index (κ1) is 12.5. The van der Waals surface area contributed by atoms with Gasteiger partial charge in [-0.05, 0) is 31.0 Å². The minimum absolute atomic E-state index is 0.608. The van der Waals surface area contributed by atoms with Crippen molar-refractivity contribution in [1.82, 2.24) is 0 Å². The van der Waals surface area contributed by atoms with Gasteiger partial charge in [-0.2, -0.15) is 0 Å². The molecule has 0 radical (unpaired) electrons. The number of ether oxygens (including phenoxy) is 2. The molecule has 0 aliphatic rings. The molecular weight excluding hydrogens is 256 g/mol. The van der Waals surface area contributed by atoms with E-state index in [2.05, 4.69) is 22.9 Å². The summed E-state index contributed by atoms with van der Waals surface area (Å²) in [7, 11) is 0. The Morgan fingerprint density at radius 2 is 2.00 bits per heavy atom. The first-order valence-corrected chi connectivity index (χ1v) is 6.00.